The number of ether oxygens (including phenoxy) is 2. The maximum absolute atomic E-state index is 11.9. The molecule has 2 aromatic rings. The van der Waals surface area contributed by atoms with Crippen molar-refractivity contribution in [2.24, 2.45) is 0 Å². The number of nitrogens with one attached hydrogen (secondary N) is 3. The Balaban J connectivity index is 1.33. The molecule has 1 aromatic carbocycles. The number of carbonyl (C=O) groups excluding carboxylic acids is 1. The van der Waals surface area contributed by atoms with Gasteiger partial charge in [-0.2, -0.15) is 5.10 Å². The van der Waals surface area contributed by atoms with E-state index in [2.05, 4.69) is 20.8 Å². The Hall–Kier alpha value is -2.54. The summed E-state index contributed by atoms with van der Waals surface area (Å²) in [5.74, 6) is 0.780. The molecule has 26 heavy (non-hydrogen) atoms. The van der Waals surface area contributed by atoms with E-state index in [1.54, 1.807) is 0 Å². The molecule has 3 rings (SSSR count). The number of benzene rings is 1. The first-order valence-electron chi connectivity index (χ1n) is 9.09. The number of carbonyl (C=O) groups is 1. The third-order valence-electron chi connectivity index (χ3n) is 4.41. The molecule has 1 atom stereocenters. The van der Waals surface area contributed by atoms with Gasteiger partial charge in [0.2, 0.25) is 0 Å². The number of aryl methyl sites for hydroxylation is 2. The molecule has 0 bridgehead atoms. The van der Waals surface area contributed by atoms with Crippen LogP contribution in [0.4, 0.5) is 10.5 Å². The van der Waals surface area contributed by atoms with Crippen LogP contribution in [0.3, 0.4) is 0 Å². The smallest absolute Gasteiger partial charge is 0.319 e. The Labute approximate surface area is 153 Å². The van der Waals surface area contributed by atoms with E-state index in [0.717, 1.165) is 49.4 Å². The van der Waals surface area contributed by atoms with E-state index in [1.165, 1.54) is 5.56 Å². The number of hydrogen-bond donors (Lipinski definition) is 3. The van der Waals surface area contributed by atoms with Gasteiger partial charge in [-0.15, -0.1) is 0 Å². The summed E-state index contributed by atoms with van der Waals surface area (Å²) in [7, 11) is 0. The molecule has 0 spiro atoms. The van der Waals surface area contributed by atoms with Gasteiger partial charge in [0.25, 0.3) is 0 Å². The normalized spacial score (nSPS) is 16.4. The molecule has 7 heteroatoms. The number of anilines is 1. The van der Waals surface area contributed by atoms with Crippen LogP contribution in [-0.2, 0) is 11.2 Å². The second-order valence-electron chi connectivity index (χ2n) is 6.48. The third kappa shape index (κ3) is 5.49. The predicted octanol–water partition coefficient (Wildman–Crippen LogP) is 3.03. The number of hydrogen-bond acceptors (Lipinski definition) is 4. The summed E-state index contributed by atoms with van der Waals surface area (Å²) in [6.07, 6.45) is 5.94. The van der Waals surface area contributed by atoms with Gasteiger partial charge in [-0.1, -0.05) is 0 Å². The van der Waals surface area contributed by atoms with E-state index >= 15 is 0 Å². The van der Waals surface area contributed by atoms with Crippen LogP contribution in [0.2, 0.25) is 0 Å². The summed E-state index contributed by atoms with van der Waals surface area (Å²) < 4.78 is 11.2. The molecule has 0 saturated carbocycles. The number of amides is 2. The predicted molar refractivity (Wildman–Crippen MR) is 99.6 cm³/mol. The standard InChI is InChI=1S/C19H26N4O3/c1-14-15(12-21-23-14)4-2-10-20-19(24)22-16-6-8-17(9-7-16)26-13-18-5-3-11-25-18/h6-9,12,18H,2-5,10-11,13H2,1H3,(H,21,23)(H2,20,22,24)/t18-/m1/s1. The molecule has 3 N–H and O–H groups in total. The highest BCUT2D eigenvalue weighted by molar-refractivity contribution is 5.89. The van der Waals surface area contributed by atoms with Gasteiger partial charge in [-0.25, -0.2) is 4.79 Å². The molecule has 1 saturated heterocycles. The van der Waals surface area contributed by atoms with Crippen molar-refractivity contribution in [2.75, 3.05) is 25.1 Å². The monoisotopic (exact) mass is 358 g/mol. The SMILES string of the molecule is Cc1[nH]ncc1CCCNC(=O)Nc1ccc(OC[C@H]2CCCO2)cc1. The molecule has 1 aliphatic rings. The van der Waals surface area contributed by atoms with E-state index in [0.29, 0.717) is 13.2 Å². The Morgan fingerprint density at radius 3 is 2.92 bits per heavy atom. The first-order chi connectivity index (χ1) is 12.7. The molecular weight excluding hydrogens is 332 g/mol. The van der Waals surface area contributed by atoms with E-state index in [4.69, 9.17) is 9.47 Å². The minimum Gasteiger partial charge on any atom is -0.491 e. The average molecular weight is 358 g/mol. The molecular formula is C19H26N4O3. The van der Waals surface area contributed by atoms with Crippen LogP contribution in [0.5, 0.6) is 5.75 Å². The van der Waals surface area contributed by atoms with E-state index in [1.807, 2.05) is 37.4 Å². The van der Waals surface area contributed by atoms with Crippen molar-refractivity contribution in [3.8, 4) is 5.75 Å². The lowest BCUT2D eigenvalue weighted by molar-refractivity contribution is 0.0679. The fourth-order valence-electron chi connectivity index (χ4n) is 2.88. The molecule has 0 aliphatic carbocycles. The second kappa shape index (κ2) is 9.24. The maximum Gasteiger partial charge on any atom is 0.319 e. The number of H-pyrrole nitrogens is 1. The van der Waals surface area contributed by atoms with Crippen molar-refractivity contribution in [3.63, 3.8) is 0 Å². The lowest BCUT2D eigenvalue weighted by Crippen LogP contribution is -2.29. The summed E-state index contributed by atoms with van der Waals surface area (Å²) in [4.78, 5) is 11.9. The number of aromatic amines is 1. The van der Waals surface area contributed by atoms with E-state index < -0.39 is 0 Å². The van der Waals surface area contributed by atoms with Crippen LogP contribution in [0.1, 0.15) is 30.5 Å². The Morgan fingerprint density at radius 2 is 2.23 bits per heavy atom. The molecule has 2 amide bonds. The molecule has 1 aliphatic heterocycles. The molecule has 0 unspecified atom stereocenters. The number of rotatable bonds is 8. The van der Waals surface area contributed by atoms with Crippen molar-refractivity contribution in [1.29, 1.82) is 0 Å². The van der Waals surface area contributed by atoms with Gasteiger partial charge < -0.3 is 20.1 Å². The van der Waals surface area contributed by atoms with Crippen LogP contribution >= 0.6 is 0 Å². The van der Waals surface area contributed by atoms with Crippen LogP contribution in [0.15, 0.2) is 30.5 Å². The van der Waals surface area contributed by atoms with Gasteiger partial charge in [0.05, 0.1) is 12.3 Å². The number of nitrogens with zero attached hydrogens (tertiary/aromatic N) is 1. The first kappa shape index (κ1) is 18.3. The fourth-order valence-corrected chi connectivity index (χ4v) is 2.88. The number of urea groups is 1. The molecule has 1 fully saturated rings. The first-order valence-corrected chi connectivity index (χ1v) is 9.09. The Bertz CT molecular complexity index is 693. The Kier molecular flexibility index (Phi) is 6.49. The largest absolute Gasteiger partial charge is 0.491 e. The van der Waals surface area contributed by atoms with E-state index in [-0.39, 0.29) is 12.1 Å². The van der Waals surface area contributed by atoms with Gasteiger partial charge in [0.1, 0.15) is 12.4 Å². The molecule has 2 heterocycles. The van der Waals surface area contributed by atoms with Crippen molar-refractivity contribution in [1.82, 2.24) is 15.5 Å². The van der Waals surface area contributed by atoms with Crippen LogP contribution in [0.25, 0.3) is 0 Å². The lowest BCUT2D eigenvalue weighted by Gasteiger charge is -2.12. The summed E-state index contributed by atoms with van der Waals surface area (Å²) in [6, 6.07) is 7.17. The summed E-state index contributed by atoms with van der Waals surface area (Å²) in [5, 5.41) is 12.6. The highest BCUT2D eigenvalue weighted by Gasteiger charge is 2.15. The third-order valence-corrected chi connectivity index (χ3v) is 4.41. The minimum atomic E-state index is -0.207. The van der Waals surface area contributed by atoms with Gasteiger partial charge in [0.15, 0.2) is 0 Å². The summed E-state index contributed by atoms with van der Waals surface area (Å²) in [6.45, 7) is 4.01. The summed E-state index contributed by atoms with van der Waals surface area (Å²) >= 11 is 0. The van der Waals surface area contributed by atoms with E-state index in [9.17, 15) is 4.79 Å². The van der Waals surface area contributed by atoms with Crippen molar-refractivity contribution in [2.45, 2.75) is 38.7 Å². The number of aromatic nitrogens is 2. The topological polar surface area (TPSA) is 88.3 Å². The second-order valence-corrected chi connectivity index (χ2v) is 6.48. The molecule has 7 nitrogen and oxygen atoms in total. The van der Waals surface area contributed by atoms with Crippen LogP contribution < -0.4 is 15.4 Å². The Morgan fingerprint density at radius 1 is 1.38 bits per heavy atom. The van der Waals surface area contributed by atoms with Gasteiger partial charge in [-0.05, 0) is 62.4 Å². The fraction of sp³-hybridized carbons (Fsp3) is 0.474. The van der Waals surface area contributed by atoms with Gasteiger partial charge in [0, 0.05) is 24.5 Å². The minimum absolute atomic E-state index is 0.199. The van der Waals surface area contributed by atoms with Crippen LogP contribution in [-0.4, -0.2) is 42.1 Å². The summed E-state index contributed by atoms with van der Waals surface area (Å²) in [5.41, 5.74) is 3.00. The van der Waals surface area contributed by atoms with Gasteiger partial charge >= 0.3 is 6.03 Å². The van der Waals surface area contributed by atoms with Crippen molar-refractivity contribution < 1.29 is 14.3 Å². The van der Waals surface area contributed by atoms with Gasteiger partial charge in [-0.3, -0.25) is 5.10 Å². The van der Waals surface area contributed by atoms with Crippen molar-refractivity contribution >= 4 is 11.7 Å². The zero-order chi connectivity index (χ0) is 18.2. The quantitative estimate of drug-likeness (QED) is 0.633. The maximum atomic E-state index is 11.9. The molecule has 140 valence electrons. The lowest BCUT2D eigenvalue weighted by atomic mass is 10.1. The van der Waals surface area contributed by atoms with Crippen LogP contribution in [0, 0.1) is 6.92 Å². The molecule has 0 radical (unpaired) electrons. The zero-order valence-corrected chi connectivity index (χ0v) is 15.1. The highest BCUT2D eigenvalue weighted by Crippen LogP contribution is 2.18. The average Bonchev–Trinajstić information content (AvgIpc) is 3.30. The van der Waals surface area contributed by atoms with Crippen molar-refractivity contribution in [3.05, 3.63) is 41.7 Å². The molecule has 1 aromatic heterocycles. The highest BCUT2D eigenvalue weighted by atomic mass is 16.5. The zero-order valence-electron chi connectivity index (χ0n) is 15.1.